The van der Waals surface area contributed by atoms with Crippen LogP contribution in [0.4, 0.5) is 0 Å². The van der Waals surface area contributed by atoms with Gasteiger partial charge in [0.05, 0.1) is 11.6 Å². The number of piperidine rings is 1. The molecular formula is C21H21N5O3. The fourth-order valence-corrected chi connectivity index (χ4v) is 3.59. The van der Waals surface area contributed by atoms with Gasteiger partial charge in [0.2, 0.25) is 0 Å². The summed E-state index contributed by atoms with van der Waals surface area (Å²) in [6.07, 6.45) is 4.59. The number of fused-ring (bicyclic) bond motifs is 1. The van der Waals surface area contributed by atoms with E-state index in [2.05, 4.69) is 4.98 Å². The van der Waals surface area contributed by atoms with Crippen molar-refractivity contribution < 1.29 is 14.7 Å². The van der Waals surface area contributed by atoms with Crippen LogP contribution in [0.5, 0.6) is 0 Å². The third-order valence-electron chi connectivity index (χ3n) is 5.32. The Bertz CT molecular complexity index is 1100. The van der Waals surface area contributed by atoms with Crippen molar-refractivity contribution in [3.05, 3.63) is 59.9 Å². The fraction of sp³-hybridized carbons (Fsp3) is 0.238. The van der Waals surface area contributed by atoms with Crippen molar-refractivity contribution >= 4 is 23.4 Å². The van der Waals surface area contributed by atoms with Gasteiger partial charge in [-0.3, -0.25) is 15.0 Å². The lowest BCUT2D eigenvalue weighted by Gasteiger charge is -2.30. The maximum atomic E-state index is 12.7. The van der Waals surface area contributed by atoms with Gasteiger partial charge in [0.25, 0.3) is 5.91 Å². The first-order valence-electron chi connectivity index (χ1n) is 9.38. The molecule has 1 fully saturated rings. The Hall–Kier alpha value is -3.68. The second kappa shape index (κ2) is 7.38. The van der Waals surface area contributed by atoms with E-state index in [1.54, 1.807) is 35.4 Å². The number of hydrogen-bond donors (Lipinski definition) is 3. The third kappa shape index (κ3) is 3.69. The highest BCUT2D eigenvalue weighted by atomic mass is 16.4. The number of nitrogens with two attached hydrogens (primary N) is 1. The second-order valence-corrected chi connectivity index (χ2v) is 7.21. The molecule has 1 saturated heterocycles. The monoisotopic (exact) mass is 391 g/mol. The van der Waals surface area contributed by atoms with E-state index in [9.17, 15) is 9.59 Å². The molecule has 1 aromatic carbocycles. The molecule has 0 bridgehead atoms. The van der Waals surface area contributed by atoms with Crippen molar-refractivity contribution in [3.8, 4) is 11.3 Å². The molecule has 3 aromatic rings. The number of nitrogens with zero attached hydrogens (tertiary/aromatic N) is 3. The van der Waals surface area contributed by atoms with Gasteiger partial charge in [-0.2, -0.15) is 0 Å². The zero-order valence-electron chi connectivity index (χ0n) is 15.7. The zero-order chi connectivity index (χ0) is 20.5. The van der Waals surface area contributed by atoms with Crippen LogP contribution in [0.2, 0.25) is 0 Å². The maximum Gasteiger partial charge on any atom is 0.306 e. The lowest BCUT2D eigenvalue weighted by Crippen LogP contribution is -2.40. The van der Waals surface area contributed by atoms with Crippen molar-refractivity contribution in [1.29, 1.82) is 5.41 Å². The molecule has 29 heavy (non-hydrogen) atoms. The standard InChI is InChI=1S/C21H21N5O3/c22-19(23)16-5-6-18-24-17(12-26(18)11-16)13-1-3-14(4-2-13)20(27)25-9-7-15(8-10-25)21(28)29/h1-6,11-12,15H,7-10H2,(H3,22,23)(H,28,29). The van der Waals surface area contributed by atoms with Crippen molar-refractivity contribution in [1.82, 2.24) is 14.3 Å². The van der Waals surface area contributed by atoms with Crippen LogP contribution in [0.1, 0.15) is 28.8 Å². The molecule has 1 amide bonds. The van der Waals surface area contributed by atoms with Crippen molar-refractivity contribution in [2.45, 2.75) is 12.8 Å². The predicted molar refractivity (Wildman–Crippen MR) is 108 cm³/mol. The van der Waals surface area contributed by atoms with Gasteiger partial charge in [-0.1, -0.05) is 12.1 Å². The molecule has 3 heterocycles. The van der Waals surface area contributed by atoms with Gasteiger partial charge in [-0.05, 0) is 37.1 Å². The average Bonchev–Trinajstić information content (AvgIpc) is 3.16. The normalized spacial score (nSPS) is 14.8. The lowest BCUT2D eigenvalue weighted by molar-refractivity contribution is -0.143. The van der Waals surface area contributed by atoms with Crippen molar-refractivity contribution in [2.75, 3.05) is 13.1 Å². The minimum Gasteiger partial charge on any atom is -0.481 e. The number of aromatic nitrogens is 2. The number of benzene rings is 1. The molecule has 0 saturated carbocycles. The Morgan fingerprint density at radius 2 is 1.69 bits per heavy atom. The smallest absolute Gasteiger partial charge is 0.306 e. The number of hydrogen-bond acceptors (Lipinski definition) is 4. The number of carboxylic acids is 1. The first-order chi connectivity index (χ1) is 13.9. The Labute approximate surface area is 167 Å². The van der Waals surface area contributed by atoms with E-state index in [0.717, 1.165) is 16.9 Å². The Morgan fingerprint density at radius 3 is 2.31 bits per heavy atom. The molecule has 0 unspecified atom stereocenters. The Morgan fingerprint density at radius 1 is 1.03 bits per heavy atom. The molecular weight excluding hydrogens is 370 g/mol. The summed E-state index contributed by atoms with van der Waals surface area (Å²) in [5.74, 6) is -1.23. The number of carbonyl (C=O) groups excluding carboxylic acids is 1. The summed E-state index contributed by atoms with van der Waals surface area (Å²) in [6, 6.07) is 10.8. The highest BCUT2D eigenvalue weighted by Crippen LogP contribution is 2.23. The molecule has 8 nitrogen and oxygen atoms in total. The highest BCUT2D eigenvalue weighted by Gasteiger charge is 2.27. The molecule has 148 valence electrons. The first kappa shape index (κ1) is 18.7. The summed E-state index contributed by atoms with van der Waals surface area (Å²) < 4.78 is 1.82. The van der Waals surface area contributed by atoms with Gasteiger partial charge >= 0.3 is 5.97 Å². The quantitative estimate of drug-likeness (QED) is 0.465. The summed E-state index contributed by atoms with van der Waals surface area (Å²) in [6.45, 7) is 0.922. The average molecular weight is 391 g/mol. The van der Waals surface area contributed by atoms with Gasteiger partial charge in [0.15, 0.2) is 0 Å². The number of amidine groups is 1. The molecule has 4 N–H and O–H groups in total. The van der Waals surface area contributed by atoms with E-state index in [-0.39, 0.29) is 17.7 Å². The lowest BCUT2D eigenvalue weighted by atomic mass is 9.96. The van der Waals surface area contributed by atoms with E-state index in [1.807, 2.05) is 22.7 Å². The number of likely N-dealkylation sites (tertiary alicyclic amines) is 1. The molecule has 0 radical (unpaired) electrons. The molecule has 1 aliphatic heterocycles. The molecule has 0 atom stereocenters. The van der Waals surface area contributed by atoms with Gasteiger partial charge in [-0.15, -0.1) is 0 Å². The summed E-state index contributed by atoms with van der Waals surface area (Å²) in [4.78, 5) is 30.0. The van der Waals surface area contributed by atoms with Crippen LogP contribution in [0.15, 0.2) is 48.8 Å². The van der Waals surface area contributed by atoms with E-state index in [4.69, 9.17) is 16.2 Å². The maximum absolute atomic E-state index is 12.7. The number of carboxylic acid groups (broad SMARTS) is 1. The van der Waals surface area contributed by atoms with E-state index in [0.29, 0.717) is 37.1 Å². The van der Waals surface area contributed by atoms with Gasteiger partial charge < -0.3 is 20.1 Å². The van der Waals surface area contributed by atoms with E-state index < -0.39 is 5.97 Å². The number of amides is 1. The molecule has 2 aromatic heterocycles. The third-order valence-corrected chi connectivity index (χ3v) is 5.32. The topological polar surface area (TPSA) is 125 Å². The van der Waals surface area contributed by atoms with Crippen LogP contribution in [0.3, 0.4) is 0 Å². The predicted octanol–water partition coefficient (Wildman–Crippen LogP) is 2.22. The summed E-state index contributed by atoms with van der Waals surface area (Å²) in [5, 5.41) is 16.6. The number of pyridine rings is 1. The number of imidazole rings is 1. The van der Waals surface area contributed by atoms with Crippen LogP contribution in [0, 0.1) is 11.3 Å². The minimum absolute atomic E-state index is 0.00240. The summed E-state index contributed by atoms with van der Waals surface area (Å²) in [5.41, 5.74) is 9.10. The first-order valence-corrected chi connectivity index (χ1v) is 9.38. The number of rotatable bonds is 4. The van der Waals surface area contributed by atoms with Crippen LogP contribution < -0.4 is 5.73 Å². The molecule has 0 aliphatic carbocycles. The van der Waals surface area contributed by atoms with Crippen molar-refractivity contribution in [3.63, 3.8) is 0 Å². The Balaban J connectivity index is 1.50. The van der Waals surface area contributed by atoms with E-state index >= 15 is 0 Å². The molecule has 0 spiro atoms. The number of nitrogen functional groups attached to an aromatic ring is 1. The highest BCUT2D eigenvalue weighted by molar-refractivity contribution is 5.95. The number of carbonyl (C=O) groups is 2. The molecule has 8 heteroatoms. The van der Waals surface area contributed by atoms with E-state index in [1.165, 1.54) is 0 Å². The van der Waals surface area contributed by atoms with Gasteiger partial charge in [0, 0.05) is 42.2 Å². The molecule has 4 rings (SSSR count). The largest absolute Gasteiger partial charge is 0.481 e. The SMILES string of the molecule is N=C(N)c1ccc2nc(-c3ccc(C(=O)N4CCC(C(=O)O)CC4)cc3)cn2c1. The minimum atomic E-state index is -0.788. The van der Waals surface area contributed by atoms with Crippen LogP contribution in [0.25, 0.3) is 16.9 Å². The zero-order valence-corrected chi connectivity index (χ0v) is 15.7. The summed E-state index contributed by atoms with van der Waals surface area (Å²) >= 11 is 0. The van der Waals surface area contributed by atoms with Crippen LogP contribution in [-0.4, -0.2) is 50.2 Å². The Kier molecular flexibility index (Phi) is 4.75. The van der Waals surface area contributed by atoms with Gasteiger partial charge in [-0.25, -0.2) is 4.98 Å². The molecule has 1 aliphatic rings. The number of nitrogens with one attached hydrogen (secondary N) is 1. The van der Waals surface area contributed by atoms with Gasteiger partial charge in [0.1, 0.15) is 11.5 Å². The van der Waals surface area contributed by atoms with Crippen molar-refractivity contribution in [2.24, 2.45) is 11.7 Å². The fourth-order valence-electron chi connectivity index (χ4n) is 3.59. The number of aliphatic carboxylic acids is 1. The van der Waals surface area contributed by atoms with Crippen LogP contribution >= 0.6 is 0 Å². The second-order valence-electron chi connectivity index (χ2n) is 7.21. The van der Waals surface area contributed by atoms with Crippen LogP contribution in [-0.2, 0) is 4.79 Å². The summed E-state index contributed by atoms with van der Waals surface area (Å²) in [7, 11) is 0.